The molecule has 8 nitrogen and oxygen atoms in total. The molecule has 11 heteroatoms. The molecule has 4 rings (SSSR count). The molecule has 1 amide bonds. The molecule has 3 aromatic rings. The molecule has 0 spiro atoms. The SMILES string of the molecule is Cc1ccc(CNC(=O)[C@@H]2C[C@@H](n3cnnn3)CN2Cc2ccc(OC(F)(F)F)cc2)cc1. The van der Waals surface area contributed by atoms with E-state index >= 15 is 0 Å². The highest BCUT2D eigenvalue weighted by Gasteiger charge is 2.38. The Kier molecular flexibility index (Phi) is 6.59. The van der Waals surface area contributed by atoms with Crippen LogP contribution in [0, 0.1) is 6.92 Å². The first-order chi connectivity index (χ1) is 15.8. The van der Waals surface area contributed by atoms with Gasteiger partial charge in [-0.1, -0.05) is 42.0 Å². The van der Waals surface area contributed by atoms with Gasteiger partial charge in [0.05, 0.1) is 12.1 Å². The number of rotatable bonds is 7. The van der Waals surface area contributed by atoms with Crippen LogP contribution in [0.25, 0.3) is 0 Å². The van der Waals surface area contributed by atoms with Gasteiger partial charge in [-0.15, -0.1) is 18.3 Å². The van der Waals surface area contributed by atoms with E-state index in [9.17, 15) is 18.0 Å². The number of aromatic nitrogens is 4. The van der Waals surface area contributed by atoms with Crippen molar-refractivity contribution in [1.82, 2.24) is 30.4 Å². The third-order valence-electron chi connectivity index (χ3n) is 5.55. The van der Waals surface area contributed by atoms with Gasteiger partial charge in [-0.3, -0.25) is 9.69 Å². The van der Waals surface area contributed by atoms with Crippen LogP contribution < -0.4 is 10.1 Å². The number of alkyl halides is 3. The van der Waals surface area contributed by atoms with E-state index in [4.69, 9.17) is 0 Å². The zero-order chi connectivity index (χ0) is 23.4. The van der Waals surface area contributed by atoms with Crippen molar-refractivity contribution in [2.75, 3.05) is 6.54 Å². The molecule has 174 valence electrons. The Morgan fingerprint density at radius 3 is 2.45 bits per heavy atom. The number of aryl methyl sites for hydroxylation is 1. The van der Waals surface area contributed by atoms with Crippen LogP contribution in [0.15, 0.2) is 54.9 Å². The predicted molar refractivity (Wildman–Crippen MR) is 112 cm³/mol. The molecule has 1 saturated heterocycles. The number of ether oxygens (including phenoxy) is 1. The monoisotopic (exact) mass is 460 g/mol. The number of hydrogen-bond donors (Lipinski definition) is 1. The summed E-state index contributed by atoms with van der Waals surface area (Å²) in [7, 11) is 0. The Labute approximate surface area is 188 Å². The number of nitrogens with one attached hydrogen (secondary N) is 1. The quantitative estimate of drug-likeness (QED) is 0.584. The number of likely N-dealkylation sites (tertiary alicyclic amines) is 1. The van der Waals surface area contributed by atoms with Crippen molar-refractivity contribution in [2.24, 2.45) is 0 Å². The standard InChI is InChI=1S/C22H23F3N6O2/c1-15-2-4-16(5-3-15)11-26-21(32)20-10-18(31-14-27-28-29-31)13-30(20)12-17-6-8-19(9-7-17)33-22(23,24)25/h2-9,14,18,20H,10-13H2,1H3,(H,26,32)/t18-,20+/m1/s1. The summed E-state index contributed by atoms with van der Waals surface area (Å²) in [6, 6.07) is 13.0. The molecule has 0 saturated carbocycles. The first kappa shape index (κ1) is 22.7. The van der Waals surface area contributed by atoms with Crippen molar-refractivity contribution < 1.29 is 22.7 Å². The lowest BCUT2D eigenvalue weighted by Crippen LogP contribution is -2.42. The summed E-state index contributed by atoms with van der Waals surface area (Å²) in [5.74, 6) is -0.408. The molecule has 1 aliphatic rings. The van der Waals surface area contributed by atoms with Gasteiger partial charge in [0.25, 0.3) is 0 Å². The van der Waals surface area contributed by atoms with Gasteiger partial charge < -0.3 is 10.1 Å². The molecule has 1 N–H and O–H groups in total. The third-order valence-corrected chi connectivity index (χ3v) is 5.55. The first-order valence-corrected chi connectivity index (χ1v) is 10.4. The molecule has 2 aromatic carbocycles. The highest BCUT2D eigenvalue weighted by Crippen LogP contribution is 2.29. The van der Waals surface area contributed by atoms with Crippen molar-refractivity contribution in [2.45, 2.75) is 44.9 Å². The fraction of sp³-hybridized carbons (Fsp3) is 0.364. The van der Waals surface area contributed by atoms with Gasteiger partial charge in [-0.25, -0.2) is 4.68 Å². The van der Waals surface area contributed by atoms with Gasteiger partial charge in [0.2, 0.25) is 5.91 Å². The van der Waals surface area contributed by atoms with E-state index in [1.54, 1.807) is 16.8 Å². The normalized spacial score (nSPS) is 18.9. The van der Waals surface area contributed by atoms with E-state index in [1.165, 1.54) is 18.5 Å². The van der Waals surface area contributed by atoms with E-state index in [0.717, 1.165) is 16.7 Å². The lowest BCUT2D eigenvalue weighted by Gasteiger charge is -2.23. The van der Waals surface area contributed by atoms with Crippen LogP contribution in [0.4, 0.5) is 13.2 Å². The van der Waals surface area contributed by atoms with Crippen LogP contribution in [0.1, 0.15) is 29.2 Å². The van der Waals surface area contributed by atoms with Crippen LogP contribution in [0.3, 0.4) is 0 Å². The minimum absolute atomic E-state index is 0.0945. The van der Waals surface area contributed by atoms with Gasteiger partial charge in [-0.2, -0.15) is 0 Å². The zero-order valence-electron chi connectivity index (χ0n) is 17.9. The Morgan fingerprint density at radius 2 is 1.82 bits per heavy atom. The third kappa shape index (κ3) is 6.07. The average molecular weight is 460 g/mol. The van der Waals surface area contributed by atoms with Gasteiger partial charge >= 0.3 is 6.36 Å². The van der Waals surface area contributed by atoms with Crippen LogP contribution in [0.5, 0.6) is 5.75 Å². The second-order valence-electron chi connectivity index (χ2n) is 8.02. The van der Waals surface area contributed by atoms with E-state index in [0.29, 0.717) is 26.1 Å². The van der Waals surface area contributed by atoms with Crippen LogP contribution in [-0.4, -0.2) is 50.0 Å². The largest absolute Gasteiger partial charge is 0.573 e. The number of benzene rings is 2. The van der Waals surface area contributed by atoms with Gasteiger partial charge in [-0.05, 0) is 47.0 Å². The fourth-order valence-corrected chi connectivity index (χ4v) is 3.90. The Bertz CT molecular complexity index is 1060. The molecular formula is C22H23F3N6O2. The summed E-state index contributed by atoms with van der Waals surface area (Å²) in [4.78, 5) is 15.0. The summed E-state index contributed by atoms with van der Waals surface area (Å²) >= 11 is 0. The van der Waals surface area contributed by atoms with Gasteiger partial charge in [0.15, 0.2) is 0 Å². The van der Waals surface area contributed by atoms with Crippen LogP contribution >= 0.6 is 0 Å². The fourth-order valence-electron chi connectivity index (χ4n) is 3.90. The molecule has 33 heavy (non-hydrogen) atoms. The summed E-state index contributed by atoms with van der Waals surface area (Å²) in [5.41, 5.74) is 2.90. The number of amides is 1. The molecule has 0 radical (unpaired) electrons. The number of nitrogens with zero attached hydrogens (tertiary/aromatic N) is 5. The molecule has 0 aliphatic carbocycles. The van der Waals surface area contributed by atoms with Gasteiger partial charge in [0, 0.05) is 19.6 Å². The second kappa shape index (κ2) is 9.57. The molecule has 1 fully saturated rings. The molecule has 2 atom stereocenters. The van der Waals surface area contributed by atoms with Crippen molar-refractivity contribution in [3.63, 3.8) is 0 Å². The van der Waals surface area contributed by atoms with Crippen molar-refractivity contribution in [1.29, 1.82) is 0 Å². The minimum Gasteiger partial charge on any atom is -0.406 e. The number of carbonyl (C=O) groups excluding carboxylic acids is 1. The zero-order valence-corrected chi connectivity index (χ0v) is 17.9. The molecule has 2 heterocycles. The highest BCUT2D eigenvalue weighted by molar-refractivity contribution is 5.82. The molecule has 1 aromatic heterocycles. The number of halogens is 3. The molecular weight excluding hydrogens is 437 g/mol. The summed E-state index contributed by atoms with van der Waals surface area (Å²) < 4.78 is 42.8. The van der Waals surface area contributed by atoms with Gasteiger partial charge in [0.1, 0.15) is 12.1 Å². The predicted octanol–water partition coefficient (Wildman–Crippen LogP) is 3.01. The maximum Gasteiger partial charge on any atom is 0.573 e. The Morgan fingerprint density at radius 1 is 1.12 bits per heavy atom. The van der Waals surface area contributed by atoms with E-state index in [1.807, 2.05) is 36.1 Å². The Balaban J connectivity index is 1.44. The topological polar surface area (TPSA) is 85.2 Å². The Hall–Kier alpha value is -3.47. The summed E-state index contributed by atoms with van der Waals surface area (Å²) in [6.45, 7) is 3.31. The maximum atomic E-state index is 13.1. The van der Waals surface area contributed by atoms with E-state index < -0.39 is 12.4 Å². The van der Waals surface area contributed by atoms with E-state index in [-0.39, 0.29) is 17.7 Å². The minimum atomic E-state index is -4.74. The number of tetrazole rings is 1. The first-order valence-electron chi connectivity index (χ1n) is 10.4. The van der Waals surface area contributed by atoms with Crippen LogP contribution in [-0.2, 0) is 17.9 Å². The second-order valence-corrected chi connectivity index (χ2v) is 8.02. The lowest BCUT2D eigenvalue weighted by atomic mass is 10.1. The van der Waals surface area contributed by atoms with Crippen molar-refractivity contribution in [3.8, 4) is 5.75 Å². The van der Waals surface area contributed by atoms with Crippen molar-refractivity contribution >= 4 is 5.91 Å². The lowest BCUT2D eigenvalue weighted by molar-refractivity contribution is -0.274. The summed E-state index contributed by atoms with van der Waals surface area (Å²) in [6.07, 6.45) is -2.71. The van der Waals surface area contributed by atoms with Crippen molar-refractivity contribution in [3.05, 3.63) is 71.5 Å². The summed E-state index contributed by atoms with van der Waals surface area (Å²) in [5, 5.41) is 14.3. The van der Waals surface area contributed by atoms with E-state index in [2.05, 4.69) is 25.6 Å². The smallest absolute Gasteiger partial charge is 0.406 e. The molecule has 0 unspecified atom stereocenters. The van der Waals surface area contributed by atoms with Crippen LogP contribution in [0.2, 0.25) is 0 Å². The molecule has 1 aliphatic heterocycles. The number of carbonyl (C=O) groups is 1. The average Bonchev–Trinajstić information content (AvgIpc) is 3.44. The highest BCUT2D eigenvalue weighted by atomic mass is 19.4. The molecule has 0 bridgehead atoms. The maximum absolute atomic E-state index is 13.1. The number of hydrogen-bond acceptors (Lipinski definition) is 6.